The Labute approximate surface area is 180 Å². The number of carbonyl (C=O) groups excluding carboxylic acids is 2. The van der Waals surface area contributed by atoms with Crippen LogP contribution in [0.15, 0.2) is 50.8 Å². The third kappa shape index (κ3) is 4.46. The Bertz CT molecular complexity index is 1030. The van der Waals surface area contributed by atoms with Crippen LogP contribution in [-0.2, 0) is 9.53 Å². The Balaban J connectivity index is 1.89. The number of phenolic OH excluding ortho intramolecular Hbond substituents is 1. The number of likely N-dealkylation sites (N-methyl/N-ethyl adjacent to an activating group) is 1. The molecule has 2 aromatic carbocycles. The van der Waals surface area contributed by atoms with Gasteiger partial charge in [-0.25, -0.2) is 9.79 Å². The van der Waals surface area contributed by atoms with E-state index in [1.807, 2.05) is 0 Å². The number of nitrogens with zero attached hydrogens (tertiary/aromatic N) is 2. The molecule has 1 amide bonds. The van der Waals surface area contributed by atoms with Gasteiger partial charge in [0.15, 0.2) is 16.7 Å². The first kappa shape index (κ1) is 20.9. The van der Waals surface area contributed by atoms with Gasteiger partial charge in [-0.15, -0.1) is 0 Å². The van der Waals surface area contributed by atoms with Crippen molar-refractivity contribution in [3.63, 3.8) is 0 Å². The molecule has 0 spiro atoms. The Morgan fingerprint density at radius 2 is 1.93 bits per heavy atom. The molecule has 3 rings (SSSR count). The molecule has 0 aromatic heterocycles. The number of hydrogen-bond acceptors (Lipinski definition) is 7. The van der Waals surface area contributed by atoms with Crippen LogP contribution in [0.2, 0.25) is 0 Å². The fourth-order valence-corrected chi connectivity index (χ4v) is 3.95. The second-order valence-electron chi connectivity index (χ2n) is 5.95. The lowest BCUT2D eigenvalue weighted by Crippen LogP contribution is -2.23. The van der Waals surface area contributed by atoms with E-state index in [-0.39, 0.29) is 11.7 Å². The summed E-state index contributed by atoms with van der Waals surface area (Å²) in [4.78, 5) is 30.6. The van der Waals surface area contributed by atoms with Crippen LogP contribution in [0.4, 0.5) is 5.69 Å². The summed E-state index contributed by atoms with van der Waals surface area (Å²) in [6.07, 6.45) is 1.71. The van der Waals surface area contributed by atoms with Crippen molar-refractivity contribution in [3.05, 3.63) is 56.9 Å². The first-order valence-electron chi connectivity index (χ1n) is 8.35. The molecule has 9 heteroatoms. The zero-order valence-electron chi connectivity index (χ0n) is 15.8. The number of methoxy groups -OCH3 is 2. The molecule has 0 saturated carbocycles. The summed E-state index contributed by atoms with van der Waals surface area (Å²) in [5, 5.41) is 10.4. The van der Waals surface area contributed by atoms with Crippen molar-refractivity contribution in [2.24, 2.45) is 4.99 Å². The minimum Gasteiger partial charge on any atom is -0.504 e. The summed E-state index contributed by atoms with van der Waals surface area (Å²) in [5.74, 6) is -0.309. The number of amidine groups is 1. The van der Waals surface area contributed by atoms with Crippen molar-refractivity contribution in [2.75, 3.05) is 21.3 Å². The molecule has 0 radical (unpaired) electrons. The van der Waals surface area contributed by atoms with E-state index in [2.05, 4.69) is 25.7 Å². The molecule has 1 heterocycles. The molecule has 7 nitrogen and oxygen atoms in total. The fraction of sp³-hybridized carbons (Fsp3) is 0.150. The topological polar surface area (TPSA) is 88.4 Å². The average Bonchev–Trinajstić information content (AvgIpc) is 2.97. The Hall–Kier alpha value is -2.78. The van der Waals surface area contributed by atoms with Gasteiger partial charge >= 0.3 is 5.97 Å². The SMILES string of the molecule is COC(=O)c1ccc(N=C2S/C(=C\c3cc(OC)c(O)cc3Br)C(=O)N2C)cc1. The molecule has 29 heavy (non-hydrogen) atoms. The minimum atomic E-state index is -0.424. The quantitative estimate of drug-likeness (QED) is 0.525. The monoisotopic (exact) mass is 476 g/mol. The van der Waals surface area contributed by atoms with Gasteiger partial charge in [0.1, 0.15) is 0 Å². The van der Waals surface area contributed by atoms with Crippen LogP contribution < -0.4 is 4.74 Å². The number of benzene rings is 2. The number of aliphatic imine (C=N–C) groups is 1. The summed E-state index contributed by atoms with van der Waals surface area (Å²) in [5.41, 5.74) is 1.72. The molecule has 1 fully saturated rings. The Morgan fingerprint density at radius 3 is 2.55 bits per heavy atom. The lowest BCUT2D eigenvalue weighted by Gasteiger charge is -2.07. The molecule has 1 aliphatic heterocycles. The first-order chi connectivity index (χ1) is 13.8. The van der Waals surface area contributed by atoms with E-state index in [9.17, 15) is 14.7 Å². The Kier molecular flexibility index (Phi) is 6.29. The van der Waals surface area contributed by atoms with Gasteiger partial charge in [-0.2, -0.15) is 0 Å². The standard InChI is InChI=1S/C20H17BrN2O5S/c1-23-18(25)17(9-12-8-16(27-2)15(24)10-14(12)21)29-20(23)22-13-6-4-11(5-7-13)19(26)28-3/h4-10,24H,1-3H3/b17-9-,22-20?. The maximum atomic E-state index is 12.6. The number of thioether (sulfide) groups is 1. The smallest absolute Gasteiger partial charge is 0.337 e. The van der Waals surface area contributed by atoms with Gasteiger partial charge in [-0.3, -0.25) is 9.69 Å². The highest BCUT2D eigenvalue weighted by Gasteiger charge is 2.30. The predicted octanol–water partition coefficient (Wildman–Crippen LogP) is 4.18. The van der Waals surface area contributed by atoms with Gasteiger partial charge < -0.3 is 14.6 Å². The van der Waals surface area contributed by atoms with E-state index in [0.717, 1.165) is 0 Å². The predicted molar refractivity (Wildman–Crippen MR) is 116 cm³/mol. The number of aromatic hydroxyl groups is 1. The largest absolute Gasteiger partial charge is 0.504 e. The van der Waals surface area contributed by atoms with E-state index in [1.54, 1.807) is 43.5 Å². The van der Waals surface area contributed by atoms with Crippen molar-refractivity contribution >= 4 is 56.5 Å². The number of hydrogen-bond donors (Lipinski definition) is 1. The number of halogens is 1. The number of esters is 1. The molecular weight excluding hydrogens is 460 g/mol. The van der Waals surface area contributed by atoms with Crippen molar-refractivity contribution in [3.8, 4) is 11.5 Å². The number of carbonyl (C=O) groups is 2. The molecule has 0 aliphatic carbocycles. The Morgan fingerprint density at radius 1 is 1.24 bits per heavy atom. The summed E-state index contributed by atoms with van der Waals surface area (Å²) < 4.78 is 10.4. The van der Waals surface area contributed by atoms with Crippen LogP contribution >= 0.6 is 27.7 Å². The summed E-state index contributed by atoms with van der Waals surface area (Å²) in [6.45, 7) is 0. The molecule has 150 valence electrons. The van der Waals surface area contributed by atoms with Gasteiger partial charge in [-0.1, -0.05) is 15.9 Å². The number of amides is 1. The normalized spacial score (nSPS) is 16.6. The zero-order chi connectivity index (χ0) is 21.1. The second-order valence-corrected chi connectivity index (χ2v) is 7.82. The van der Waals surface area contributed by atoms with Crippen molar-refractivity contribution in [1.82, 2.24) is 4.90 Å². The van der Waals surface area contributed by atoms with Crippen molar-refractivity contribution in [2.45, 2.75) is 0 Å². The third-order valence-corrected chi connectivity index (χ3v) is 5.85. The second kappa shape index (κ2) is 8.71. The molecule has 2 aromatic rings. The molecule has 0 atom stereocenters. The maximum Gasteiger partial charge on any atom is 0.337 e. The van der Waals surface area contributed by atoms with Crippen LogP contribution in [-0.4, -0.2) is 48.3 Å². The molecule has 1 saturated heterocycles. The van der Waals surface area contributed by atoms with Crippen LogP contribution in [0.3, 0.4) is 0 Å². The van der Waals surface area contributed by atoms with Crippen LogP contribution in [0.1, 0.15) is 15.9 Å². The summed E-state index contributed by atoms with van der Waals surface area (Å²) in [7, 11) is 4.42. The lowest BCUT2D eigenvalue weighted by atomic mass is 10.2. The van der Waals surface area contributed by atoms with E-state index in [0.29, 0.717) is 37.1 Å². The van der Waals surface area contributed by atoms with Gasteiger partial charge in [0, 0.05) is 11.5 Å². The van der Waals surface area contributed by atoms with E-state index >= 15 is 0 Å². The minimum absolute atomic E-state index is 0.00157. The molecule has 1 aliphatic rings. The summed E-state index contributed by atoms with van der Waals surface area (Å²) >= 11 is 4.61. The van der Waals surface area contributed by atoms with Crippen molar-refractivity contribution in [1.29, 1.82) is 0 Å². The van der Waals surface area contributed by atoms with Crippen LogP contribution in [0, 0.1) is 0 Å². The van der Waals surface area contributed by atoms with Gasteiger partial charge in [0.2, 0.25) is 0 Å². The third-order valence-electron chi connectivity index (χ3n) is 4.10. The van der Waals surface area contributed by atoms with E-state index in [1.165, 1.54) is 36.9 Å². The number of ether oxygens (including phenoxy) is 2. The van der Waals surface area contributed by atoms with Crippen LogP contribution in [0.25, 0.3) is 6.08 Å². The zero-order valence-corrected chi connectivity index (χ0v) is 18.2. The molecule has 1 N–H and O–H groups in total. The van der Waals surface area contributed by atoms with Crippen molar-refractivity contribution < 1.29 is 24.2 Å². The highest BCUT2D eigenvalue weighted by molar-refractivity contribution is 9.10. The van der Waals surface area contributed by atoms with Gasteiger partial charge in [0.25, 0.3) is 5.91 Å². The average molecular weight is 477 g/mol. The molecular formula is C20H17BrN2O5S. The molecule has 0 bridgehead atoms. The van der Waals surface area contributed by atoms with Crippen LogP contribution in [0.5, 0.6) is 11.5 Å². The summed E-state index contributed by atoms with van der Waals surface area (Å²) in [6, 6.07) is 9.74. The number of rotatable bonds is 4. The maximum absolute atomic E-state index is 12.6. The fourth-order valence-electron chi connectivity index (χ4n) is 2.53. The molecule has 0 unspecified atom stereocenters. The lowest BCUT2D eigenvalue weighted by molar-refractivity contribution is -0.121. The van der Waals surface area contributed by atoms with Gasteiger partial charge in [0.05, 0.1) is 30.4 Å². The van der Waals surface area contributed by atoms with E-state index < -0.39 is 5.97 Å². The van der Waals surface area contributed by atoms with Gasteiger partial charge in [-0.05, 0) is 59.8 Å². The van der Waals surface area contributed by atoms with E-state index in [4.69, 9.17) is 4.74 Å². The first-order valence-corrected chi connectivity index (χ1v) is 9.96. The number of phenols is 1. The highest BCUT2D eigenvalue weighted by atomic mass is 79.9. The highest BCUT2D eigenvalue weighted by Crippen LogP contribution is 2.37.